The van der Waals surface area contributed by atoms with Crippen LogP contribution in [-0.4, -0.2) is 27.5 Å². The van der Waals surface area contributed by atoms with Crippen molar-refractivity contribution in [2.75, 3.05) is 10.2 Å². The number of halogens is 3. The number of para-hydroxylation sites is 1. The number of fused-ring (bicyclic) bond motifs is 3. The number of aromatic nitrogens is 1. The maximum Gasteiger partial charge on any atom is 0.418 e. The summed E-state index contributed by atoms with van der Waals surface area (Å²) in [6, 6.07) is 17.6. The Morgan fingerprint density at radius 1 is 0.951 bits per heavy atom. The minimum Gasteiger partial charge on any atom is -0.325 e. The standard InChI is InChI=1S/C29H22F3N3O4S2/c1-28(2)21-22(25(38)35(24(21)37)19-10-6-5-9-18(19)29(30,31)32)40-26-23(28)41-27(39)34(26)14-20(36)33-17-12-11-15-7-3-4-8-16(15)13-17/h3-13,21-22H,14H2,1-2H3,(H,33,36)/t21-,22+/m1/s1. The zero-order chi connectivity index (χ0) is 29.3. The van der Waals surface area contributed by atoms with Gasteiger partial charge in [0.05, 0.1) is 22.2 Å². The SMILES string of the molecule is CC1(C)c2sc(=O)n(CC(=O)Nc3ccc4ccccc4c3)c2S[C@@H]2C(=O)N(c3ccccc3C(F)(F)F)C(=O)[C@@H]21. The number of rotatable bonds is 4. The Balaban J connectivity index is 1.31. The van der Waals surface area contributed by atoms with Crippen LogP contribution in [0.2, 0.25) is 0 Å². The summed E-state index contributed by atoms with van der Waals surface area (Å²) < 4.78 is 42.6. The summed E-state index contributed by atoms with van der Waals surface area (Å²) in [4.78, 5) is 54.0. The summed E-state index contributed by atoms with van der Waals surface area (Å²) in [7, 11) is 0. The van der Waals surface area contributed by atoms with Crippen LogP contribution in [0.25, 0.3) is 10.8 Å². The summed E-state index contributed by atoms with van der Waals surface area (Å²) in [5.74, 6) is -2.99. The number of hydrogen-bond acceptors (Lipinski definition) is 6. The average molecular weight is 598 g/mol. The number of alkyl halides is 3. The van der Waals surface area contributed by atoms with Gasteiger partial charge in [0, 0.05) is 16.0 Å². The van der Waals surface area contributed by atoms with Crippen LogP contribution < -0.4 is 15.1 Å². The maximum atomic E-state index is 13.8. The van der Waals surface area contributed by atoms with E-state index >= 15 is 0 Å². The number of carbonyl (C=O) groups excluding carboxylic acids is 3. The van der Waals surface area contributed by atoms with Crippen molar-refractivity contribution in [3.05, 3.63) is 86.8 Å². The first-order valence-corrected chi connectivity index (χ1v) is 14.3. The van der Waals surface area contributed by atoms with E-state index < -0.39 is 56.6 Å². The molecule has 1 fully saturated rings. The minimum absolute atomic E-state index is 0.333. The quantitative estimate of drug-likeness (QED) is 0.307. The van der Waals surface area contributed by atoms with E-state index in [9.17, 15) is 32.3 Å². The van der Waals surface area contributed by atoms with E-state index in [0.29, 0.717) is 20.5 Å². The maximum absolute atomic E-state index is 13.8. The Morgan fingerprint density at radius 2 is 1.63 bits per heavy atom. The molecule has 0 unspecified atom stereocenters. The zero-order valence-corrected chi connectivity index (χ0v) is 23.3. The molecule has 210 valence electrons. The third-order valence-corrected chi connectivity index (χ3v) is 10.3. The second-order valence-electron chi connectivity index (χ2n) is 10.5. The number of hydrogen-bond donors (Lipinski definition) is 1. The predicted octanol–water partition coefficient (Wildman–Crippen LogP) is 5.66. The first-order chi connectivity index (χ1) is 19.4. The highest BCUT2D eigenvalue weighted by Gasteiger charge is 2.60. The van der Waals surface area contributed by atoms with Crippen LogP contribution in [0.5, 0.6) is 0 Å². The first kappa shape index (κ1) is 27.3. The molecule has 4 aromatic rings. The molecular formula is C29H22F3N3O4S2. The van der Waals surface area contributed by atoms with Crippen molar-refractivity contribution in [3.8, 4) is 0 Å². The number of amides is 3. The molecule has 2 aliphatic rings. The topological polar surface area (TPSA) is 88.5 Å². The lowest BCUT2D eigenvalue weighted by molar-refractivity contribution is -0.137. The second-order valence-corrected chi connectivity index (χ2v) is 12.6. The Bertz CT molecular complexity index is 1810. The van der Waals surface area contributed by atoms with E-state index in [1.54, 1.807) is 19.9 Å². The van der Waals surface area contributed by atoms with Crippen molar-refractivity contribution in [2.45, 2.75) is 42.3 Å². The lowest BCUT2D eigenvalue weighted by atomic mass is 9.76. The van der Waals surface area contributed by atoms with Gasteiger partial charge in [0.25, 0.3) is 0 Å². The second kappa shape index (κ2) is 9.59. The average Bonchev–Trinajstić information content (AvgIpc) is 3.37. The van der Waals surface area contributed by atoms with Gasteiger partial charge in [-0.3, -0.25) is 23.7 Å². The van der Waals surface area contributed by atoms with Crippen LogP contribution in [-0.2, 0) is 32.5 Å². The largest absolute Gasteiger partial charge is 0.418 e. The molecule has 0 radical (unpaired) electrons. The Labute approximate surface area is 240 Å². The number of thiazole rings is 1. The van der Waals surface area contributed by atoms with Gasteiger partial charge in [0.2, 0.25) is 17.7 Å². The highest BCUT2D eigenvalue weighted by Crippen LogP contribution is 2.55. The van der Waals surface area contributed by atoms with Gasteiger partial charge in [-0.1, -0.05) is 79.4 Å². The normalized spacial score (nSPS) is 19.8. The summed E-state index contributed by atoms with van der Waals surface area (Å²) in [6.07, 6.45) is -4.77. The summed E-state index contributed by atoms with van der Waals surface area (Å²) in [6.45, 7) is 3.06. The van der Waals surface area contributed by atoms with Crippen LogP contribution in [0.4, 0.5) is 24.5 Å². The van der Waals surface area contributed by atoms with Gasteiger partial charge in [-0.05, 0) is 35.0 Å². The van der Waals surface area contributed by atoms with Gasteiger partial charge < -0.3 is 5.32 Å². The lowest BCUT2D eigenvalue weighted by Crippen LogP contribution is -2.42. The molecule has 1 saturated heterocycles. The fraction of sp³-hybridized carbons (Fsp3) is 0.241. The van der Waals surface area contributed by atoms with E-state index in [-0.39, 0.29) is 6.54 Å². The van der Waals surface area contributed by atoms with Gasteiger partial charge >= 0.3 is 11.0 Å². The van der Waals surface area contributed by atoms with E-state index in [2.05, 4.69) is 5.32 Å². The van der Waals surface area contributed by atoms with Gasteiger partial charge in [-0.2, -0.15) is 13.2 Å². The fourth-order valence-electron chi connectivity index (χ4n) is 5.52. The Hall–Kier alpha value is -3.90. The molecule has 2 atom stereocenters. The fourth-order valence-corrected chi connectivity index (χ4v) is 8.56. The number of carbonyl (C=O) groups is 3. The highest BCUT2D eigenvalue weighted by atomic mass is 32.2. The molecule has 3 amide bonds. The van der Waals surface area contributed by atoms with Gasteiger partial charge in [-0.25, -0.2) is 4.90 Å². The summed E-state index contributed by atoms with van der Waals surface area (Å²) >= 11 is 1.83. The molecule has 7 nitrogen and oxygen atoms in total. The third kappa shape index (κ3) is 4.45. The molecule has 1 aromatic heterocycles. The molecule has 3 aromatic carbocycles. The van der Waals surface area contributed by atoms with Crippen molar-refractivity contribution in [3.63, 3.8) is 0 Å². The van der Waals surface area contributed by atoms with Gasteiger partial charge in [0.15, 0.2) is 0 Å². The molecule has 2 aliphatic heterocycles. The number of nitrogens with one attached hydrogen (secondary N) is 1. The number of benzene rings is 3. The molecule has 3 heterocycles. The molecule has 0 saturated carbocycles. The molecule has 41 heavy (non-hydrogen) atoms. The Morgan fingerprint density at radius 3 is 2.37 bits per heavy atom. The molecule has 0 spiro atoms. The summed E-state index contributed by atoms with van der Waals surface area (Å²) in [5, 5.41) is 4.04. The number of thioether (sulfide) groups is 1. The van der Waals surface area contributed by atoms with Crippen molar-refractivity contribution in [1.82, 2.24) is 4.57 Å². The van der Waals surface area contributed by atoms with E-state index in [0.717, 1.165) is 46.0 Å². The van der Waals surface area contributed by atoms with E-state index in [1.807, 2.05) is 36.4 Å². The molecular weight excluding hydrogens is 575 g/mol. The monoisotopic (exact) mass is 597 g/mol. The molecule has 1 N–H and O–H groups in total. The van der Waals surface area contributed by atoms with E-state index in [4.69, 9.17) is 0 Å². The number of nitrogens with zero attached hydrogens (tertiary/aromatic N) is 2. The molecule has 12 heteroatoms. The van der Waals surface area contributed by atoms with Crippen molar-refractivity contribution in [2.24, 2.45) is 5.92 Å². The van der Waals surface area contributed by atoms with Crippen molar-refractivity contribution < 1.29 is 27.6 Å². The zero-order valence-electron chi connectivity index (χ0n) is 21.7. The predicted molar refractivity (Wildman–Crippen MR) is 151 cm³/mol. The van der Waals surface area contributed by atoms with Crippen LogP contribution in [0.3, 0.4) is 0 Å². The van der Waals surface area contributed by atoms with Crippen LogP contribution in [0.15, 0.2) is 76.6 Å². The molecule has 6 rings (SSSR count). The molecule has 0 aliphatic carbocycles. The first-order valence-electron chi connectivity index (χ1n) is 12.6. The third-order valence-electron chi connectivity index (χ3n) is 7.49. The van der Waals surface area contributed by atoms with E-state index in [1.165, 1.54) is 16.7 Å². The van der Waals surface area contributed by atoms with Gasteiger partial charge in [-0.15, -0.1) is 0 Å². The number of anilines is 2. The molecule has 0 bridgehead atoms. The number of imide groups is 1. The van der Waals surface area contributed by atoms with Crippen LogP contribution in [0, 0.1) is 5.92 Å². The van der Waals surface area contributed by atoms with Gasteiger partial charge in [0.1, 0.15) is 11.8 Å². The lowest BCUT2D eigenvalue weighted by Gasteiger charge is -2.36. The summed E-state index contributed by atoms with van der Waals surface area (Å²) in [5.41, 5.74) is -2.10. The van der Waals surface area contributed by atoms with Crippen molar-refractivity contribution in [1.29, 1.82) is 0 Å². The highest BCUT2D eigenvalue weighted by molar-refractivity contribution is 8.00. The Kier molecular flexibility index (Phi) is 6.38. The van der Waals surface area contributed by atoms with Crippen molar-refractivity contribution >= 4 is 63.0 Å². The van der Waals surface area contributed by atoms with Crippen LogP contribution >= 0.6 is 23.1 Å². The smallest absolute Gasteiger partial charge is 0.325 e. The minimum atomic E-state index is -4.77. The van der Waals surface area contributed by atoms with Crippen LogP contribution in [0.1, 0.15) is 24.3 Å².